The Labute approximate surface area is 134 Å². The molecule has 2 aromatic rings. The first-order chi connectivity index (χ1) is 9.82. The molecule has 1 N–H and O–H groups in total. The maximum absolute atomic E-state index is 11.5. The summed E-state index contributed by atoms with van der Waals surface area (Å²) in [5, 5.41) is 3.35. The van der Waals surface area contributed by atoms with E-state index in [2.05, 4.69) is 15.3 Å². The van der Waals surface area contributed by atoms with Gasteiger partial charge in [-0.1, -0.05) is 29.8 Å². The second kappa shape index (κ2) is 6.17. The third kappa shape index (κ3) is 3.45. The molecule has 0 aliphatic heterocycles. The molecule has 1 aromatic heterocycles. The van der Waals surface area contributed by atoms with Gasteiger partial charge >= 0.3 is 0 Å². The summed E-state index contributed by atoms with van der Waals surface area (Å²) in [6.45, 7) is 3.27. The third-order valence-electron chi connectivity index (χ3n) is 3.01. The van der Waals surface area contributed by atoms with E-state index in [1.807, 2.05) is 0 Å². The largest absolute Gasteiger partial charge is 0.339 e. The van der Waals surface area contributed by atoms with E-state index in [0.717, 1.165) is 0 Å². The zero-order chi connectivity index (χ0) is 15.6. The monoisotopic (exact) mass is 345 g/mol. The van der Waals surface area contributed by atoms with Gasteiger partial charge in [0.1, 0.15) is 15.7 Å². The summed E-state index contributed by atoms with van der Waals surface area (Å²) >= 11 is 11.8. The van der Waals surface area contributed by atoms with Crippen LogP contribution in [0.4, 0.5) is 11.5 Å². The van der Waals surface area contributed by atoms with Crippen LogP contribution in [0.15, 0.2) is 30.5 Å². The number of aromatic nitrogens is 2. The predicted octanol–water partition coefficient (Wildman–Crippen LogP) is 3.37. The van der Waals surface area contributed by atoms with E-state index in [1.165, 1.54) is 6.20 Å². The molecule has 0 fully saturated rings. The predicted molar refractivity (Wildman–Crippen MR) is 85.1 cm³/mol. The van der Waals surface area contributed by atoms with Crippen molar-refractivity contribution < 1.29 is 8.42 Å². The van der Waals surface area contributed by atoms with Gasteiger partial charge in [-0.3, -0.25) is 0 Å². The van der Waals surface area contributed by atoms with Gasteiger partial charge in [0.25, 0.3) is 0 Å². The molecule has 5 nitrogen and oxygen atoms in total. The van der Waals surface area contributed by atoms with Crippen molar-refractivity contribution in [3.8, 4) is 0 Å². The molecule has 112 valence electrons. The summed E-state index contributed by atoms with van der Waals surface area (Å²) in [6, 6.07) is 7.05. The Morgan fingerprint density at radius 1 is 1.19 bits per heavy atom. The lowest BCUT2D eigenvalue weighted by Crippen LogP contribution is -2.20. The first-order valence-electron chi connectivity index (χ1n) is 6.01. The lowest BCUT2D eigenvalue weighted by molar-refractivity contribution is 0.577. The molecule has 0 unspecified atom stereocenters. The lowest BCUT2D eigenvalue weighted by Gasteiger charge is -2.22. The number of benzene rings is 1. The van der Waals surface area contributed by atoms with Gasteiger partial charge < -0.3 is 5.32 Å². The van der Waals surface area contributed by atoms with E-state index in [9.17, 15) is 8.42 Å². The normalized spacial score (nSPS) is 11.7. The van der Waals surface area contributed by atoms with Crippen LogP contribution in [0.2, 0.25) is 10.3 Å². The summed E-state index contributed by atoms with van der Waals surface area (Å²) in [4.78, 5) is 7.76. The molecule has 0 spiro atoms. The first-order valence-corrected chi connectivity index (χ1v) is 7.95. The Kier molecular flexibility index (Phi) is 4.70. The number of nitrogens with one attached hydrogen (secondary N) is 1. The molecule has 0 saturated heterocycles. The van der Waals surface area contributed by atoms with E-state index in [0.29, 0.717) is 22.1 Å². The number of nitrogens with zero attached hydrogens (tertiary/aromatic N) is 2. The number of hydrogen-bond donors (Lipinski definition) is 2. The molecule has 0 aliphatic rings. The highest BCUT2D eigenvalue weighted by atomic mass is 35.5. The Morgan fingerprint density at radius 3 is 2.52 bits per heavy atom. The second-order valence-electron chi connectivity index (χ2n) is 4.82. The number of para-hydroxylation sites is 1. The van der Waals surface area contributed by atoms with Gasteiger partial charge in [0.2, 0.25) is 5.28 Å². The van der Waals surface area contributed by atoms with Crippen LogP contribution in [-0.2, 0) is 15.5 Å². The van der Waals surface area contributed by atoms with Crippen molar-refractivity contribution in [1.82, 2.24) is 9.97 Å². The van der Waals surface area contributed by atoms with Crippen LogP contribution in [0.25, 0.3) is 0 Å². The third-order valence-corrected chi connectivity index (χ3v) is 4.62. The molecular weight excluding hydrogens is 333 g/mol. The Morgan fingerprint density at radius 2 is 1.86 bits per heavy atom. The molecule has 1 heterocycles. The molecule has 0 bridgehead atoms. The van der Waals surface area contributed by atoms with Crippen LogP contribution >= 0.6 is 23.2 Å². The molecule has 0 amide bonds. The van der Waals surface area contributed by atoms with Crippen molar-refractivity contribution >= 4 is 45.4 Å². The van der Waals surface area contributed by atoms with E-state index < -0.39 is 15.5 Å². The second-order valence-corrected chi connectivity index (χ2v) is 7.20. The Hall–Kier alpha value is -1.37. The summed E-state index contributed by atoms with van der Waals surface area (Å²) in [5.74, 6) is 0.320. The molecule has 21 heavy (non-hydrogen) atoms. The summed E-state index contributed by atoms with van der Waals surface area (Å²) in [6.07, 6.45) is 1.38. The topological polar surface area (TPSA) is 72.0 Å². The SMILES string of the molecule is CC(C)(c1ccccc1Nc1nc(Cl)ncc1Cl)[SH](=O)=O. The van der Waals surface area contributed by atoms with Gasteiger partial charge in [0.15, 0.2) is 5.82 Å². The van der Waals surface area contributed by atoms with Crippen LogP contribution in [0, 0.1) is 0 Å². The minimum atomic E-state index is -2.66. The van der Waals surface area contributed by atoms with Crippen LogP contribution in [0.3, 0.4) is 0 Å². The number of halogens is 2. The molecule has 0 radical (unpaired) electrons. The number of hydrogen-bond acceptors (Lipinski definition) is 5. The highest BCUT2D eigenvalue weighted by Crippen LogP contribution is 2.33. The van der Waals surface area contributed by atoms with Crippen LogP contribution in [0.1, 0.15) is 19.4 Å². The van der Waals surface area contributed by atoms with Gasteiger partial charge in [0, 0.05) is 5.69 Å². The quantitative estimate of drug-likeness (QED) is 0.656. The Bertz CT molecular complexity index is 740. The molecule has 0 atom stereocenters. The summed E-state index contributed by atoms with van der Waals surface area (Å²) in [5.41, 5.74) is 1.21. The van der Waals surface area contributed by atoms with E-state index in [1.54, 1.807) is 38.1 Å². The zero-order valence-corrected chi connectivity index (χ0v) is 13.7. The molecular formula is C13H13Cl2N3O2S. The summed E-state index contributed by atoms with van der Waals surface area (Å²) < 4.78 is 21.9. The average Bonchev–Trinajstić information content (AvgIpc) is 2.43. The van der Waals surface area contributed by atoms with Crippen molar-refractivity contribution in [2.24, 2.45) is 0 Å². The van der Waals surface area contributed by atoms with Crippen molar-refractivity contribution in [3.63, 3.8) is 0 Å². The van der Waals surface area contributed by atoms with Gasteiger partial charge in [-0.15, -0.1) is 0 Å². The molecule has 0 saturated carbocycles. The minimum absolute atomic E-state index is 0.0496. The van der Waals surface area contributed by atoms with E-state index in [-0.39, 0.29) is 5.28 Å². The average molecular weight is 346 g/mol. The maximum atomic E-state index is 11.5. The van der Waals surface area contributed by atoms with E-state index in [4.69, 9.17) is 23.2 Å². The number of thiol groups is 1. The minimum Gasteiger partial charge on any atom is -0.339 e. The Balaban J connectivity index is 2.49. The molecule has 2 rings (SSSR count). The van der Waals surface area contributed by atoms with Gasteiger partial charge in [-0.2, -0.15) is 4.98 Å². The van der Waals surface area contributed by atoms with Gasteiger partial charge in [-0.25, -0.2) is 13.4 Å². The van der Waals surface area contributed by atoms with Gasteiger partial charge in [-0.05, 0) is 37.1 Å². The summed E-state index contributed by atoms with van der Waals surface area (Å²) in [7, 11) is -2.66. The first kappa shape index (κ1) is 16.0. The van der Waals surface area contributed by atoms with Crippen molar-refractivity contribution in [3.05, 3.63) is 46.3 Å². The lowest BCUT2D eigenvalue weighted by atomic mass is 10.00. The maximum Gasteiger partial charge on any atom is 0.224 e. The molecule has 1 aromatic carbocycles. The smallest absolute Gasteiger partial charge is 0.224 e. The highest BCUT2D eigenvalue weighted by molar-refractivity contribution is 7.73. The zero-order valence-electron chi connectivity index (χ0n) is 11.3. The fourth-order valence-corrected chi connectivity index (χ4v) is 2.45. The van der Waals surface area contributed by atoms with Crippen molar-refractivity contribution in [2.45, 2.75) is 18.6 Å². The fraction of sp³-hybridized carbons (Fsp3) is 0.231. The van der Waals surface area contributed by atoms with Crippen LogP contribution in [0.5, 0.6) is 0 Å². The van der Waals surface area contributed by atoms with Crippen molar-refractivity contribution in [1.29, 1.82) is 0 Å². The number of anilines is 2. The highest BCUT2D eigenvalue weighted by Gasteiger charge is 2.27. The number of rotatable bonds is 4. The van der Waals surface area contributed by atoms with Crippen LogP contribution in [-0.4, -0.2) is 18.4 Å². The standard InChI is InChI=1S/C13H13Cl2N3O2S/c1-13(2,21(19)20)8-5-3-4-6-10(8)17-11-9(14)7-16-12(15)18-11/h3-7,21H,1-2H3,(H,16,17,18). The molecule has 0 aliphatic carbocycles. The molecule has 8 heteroatoms. The van der Waals surface area contributed by atoms with E-state index >= 15 is 0 Å². The van der Waals surface area contributed by atoms with Gasteiger partial charge in [0.05, 0.1) is 10.9 Å². The fourth-order valence-electron chi connectivity index (χ4n) is 1.78. The van der Waals surface area contributed by atoms with Crippen molar-refractivity contribution in [2.75, 3.05) is 5.32 Å². The van der Waals surface area contributed by atoms with Crippen LogP contribution < -0.4 is 5.32 Å².